The first-order chi connectivity index (χ1) is 10.0. The Morgan fingerprint density at radius 1 is 1.19 bits per heavy atom. The van der Waals surface area contributed by atoms with Crippen LogP contribution in [0, 0.1) is 6.92 Å². The second-order valence-corrected chi connectivity index (χ2v) is 6.51. The number of hydrogen-bond donors (Lipinski definition) is 1. The van der Waals surface area contributed by atoms with Crippen LogP contribution in [0.25, 0.3) is 0 Å². The van der Waals surface area contributed by atoms with Gasteiger partial charge in [0.2, 0.25) is 5.91 Å². The molecule has 0 saturated heterocycles. The Morgan fingerprint density at radius 3 is 2.67 bits per heavy atom. The van der Waals surface area contributed by atoms with Crippen molar-refractivity contribution in [2.75, 3.05) is 0 Å². The van der Waals surface area contributed by atoms with Gasteiger partial charge in [-0.2, -0.15) is 0 Å². The van der Waals surface area contributed by atoms with Crippen molar-refractivity contribution in [3.63, 3.8) is 0 Å². The molecule has 1 aromatic heterocycles. The van der Waals surface area contributed by atoms with Gasteiger partial charge in [-0.3, -0.25) is 9.59 Å². The van der Waals surface area contributed by atoms with Crippen molar-refractivity contribution in [3.8, 4) is 0 Å². The smallest absolute Gasteiger partial charge is 0.220 e. The summed E-state index contributed by atoms with van der Waals surface area (Å²) in [6.45, 7) is 2.50. The van der Waals surface area contributed by atoms with E-state index in [1.54, 1.807) is 12.1 Å². The minimum atomic E-state index is -0.118. The molecule has 0 radical (unpaired) electrons. The van der Waals surface area contributed by atoms with Crippen LogP contribution < -0.4 is 5.32 Å². The monoisotopic (exact) mass is 321 g/mol. The fourth-order valence-corrected chi connectivity index (χ4v) is 2.94. The highest BCUT2D eigenvalue weighted by Gasteiger charge is 2.11. The molecule has 2 aromatic rings. The normalized spacial score (nSPS) is 10.4. The van der Waals surface area contributed by atoms with Gasteiger partial charge in [-0.05, 0) is 24.6 Å². The molecule has 0 spiro atoms. The summed E-state index contributed by atoms with van der Waals surface area (Å²) in [4.78, 5) is 24.2. The van der Waals surface area contributed by atoms with E-state index in [0.29, 0.717) is 15.8 Å². The van der Waals surface area contributed by atoms with E-state index >= 15 is 0 Å². The molecule has 0 aliphatic rings. The number of aryl methyl sites for hydroxylation is 1. The number of thiophene rings is 1. The molecule has 0 bridgehead atoms. The molecule has 3 nitrogen and oxygen atoms in total. The van der Waals surface area contributed by atoms with Crippen LogP contribution in [0.2, 0.25) is 4.34 Å². The molecule has 2 rings (SSSR count). The van der Waals surface area contributed by atoms with Gasteiger partial charge in [-0.15, -0.1) is 11.3 Å². The van der Waals surface area contributed by atoms with Crippen molar-refractivity contribution in [3.05, 3.63) is 56.7 Å². The predicted octanol–water partition coefficient (Wildman–Crippen LogP) is 3.99. The number of ketones is 1. The average Bonchev–Trinajstić information content (AvgIpc) is 2.89. The first kappa shape index (κ1) is 15.7. The van der Waals surface area contributed by atoms with Crippen molar-refractivity contribution in [2.24, 2.45) is 0 Å². The van der Waals surface area contributed by atoms with Crippen LogP contribution in [0.5, 0.6) is 0 Å². The van der Waals surface area contributed by atoms with Gasteiger partial charge in [0, 0.05) is 19.4 Å². The topological polar surface area (TPSA) is 46.2 Å². The molecule has 1 amide bonds. The van der Waals surface area contributed by atoms with E-state index in [9.17, 15) is 9.59 Å². The molecule has 1 N–H and O–H groups in total. The maximum Gasteiger partial charge on any atom is 0.220 e. The van der Waals surface area contributed by atoms with E-state index in [4.69, 9.17) is 11.6 Å². The minimum absolute atomic E-state index is 0.0439. The van der Waals surface area contributed by atoms with Crippen LogP contribution in [0.1, 0.15) is 33.6 Å². The number of nitrogens with one attached hydrogen (secondary N) is 1. The predicted molar refractivity (Wildman–Crippen MR) is 85.9 cm³/mol. The van der Waals surface area contributed by atoms with Crippen LogP contribution in [-0.2, 0) is 11.3 Å². The summed E-state index contributed by atoms with van der Waals surface area (Å²) >= 11 is 7.03. The third kappa shape index (κ3) is 4.99. The summed E-state index contributed by atoms with van der Waals surface area (Å²) in [7, 11) is 0. The Labute approximate surface area is 132 Å². The van der Waals surface area contributed by atoms with Gasteiger partial charge >= 0.3 is 0 Å². The molecular formula is C16H16ClNO2S. The summed E-state index contributed by atoms with van der Waals surface area (Å²) in [6.07, 6.45) is 0.399. The number of halogens is 1. The lowest BCUT2D eigenvalue weighted by Crippen LogP contribution is -2.23. The molecule has 0 aliphatic carbocycles. The van der Waals surface area contributed by atoms with Gasteiger partial charge in [0.15, 0.2) is 5.78 Å². The highest BCUT2D eigenvalue weighted by molar-refractivity contribution is 7.18. The number of rotatable bonds is 6. The first-order valence-electron chi connectivity index (χ1n) is 6.65. The van der Waals surface area contributed by atoms with Gasteiger partial charge in [0.1, 0.15) is 0 Å². The summed E-state index contributed by atoms with van der Waals surface area (Å²) in [5.41, 5.74) is 2.21. The summed E-state index contributed by atoms with van der Waals surface area (Å²) in [5, 5.41) is 2.82. The van der Waals surface area contributed by atoms with E-state index in [1.165, 1.54) is 11.3 Å². The van der Waals surface area contributed by atoms with E-state index in [1.807, 2.05) is 31.2 Å². The molecule has 0 saturated carbocycles. The number of carbonyl (C=O) groups is 2. The van der Waals surface area contributed by atoms with E-state index < -0.39 is 0 Å². The fourth-order valence-electron chi connectivity index (χ4n) is 1.93. The van der Waals surface area contributed by atoms with Crippen molar-refractivity contribution in [2.45, 2.75) is 26.3 Å². The van der Waals surface area contributed by atoms with Crippen molar-refractivity contribution in [1.29, 1.82) is 0 Å². The van der Waals surface area contributed by atoms with Crippen LogP contribution in [-0.4, -0.2) is 11.7 Å². The minimum Gasteiger partial charge on any atom is -0.352 e. The molecule has 1 heterocycles. The largest absolute Gasteiger partial charge is 0.352 e. The van der Waals surface area contributed by atoms with Crippen LogP contribution in [0.15, 0.2) is 36.4 Å². The molecule has 5 heteroatoms. The molecule has 0 fully saturated rings. The van der Waals surface area contributed by atoms with E-state index in [-0.39, 0.29) is 24.5 Å². The number of Topliss-reactive ketones (excluding diaryl/α,β-unsaturated/α-hetero) is 1. The Bertz CT molecular complexity index is 651. The van der Waals surface area contributed by atoms with Crippen LogP contribution in [0.4, 0.5) is 0 Å². The highest BCUT2D eigenvalue weighted by Crippen LogP contribution is 2.22. The summed E-state index contributed by atoms with van der Waals surface area (Å²) in [6, 6.07) is 11.3. The third-order valence-corrected chi connectivity index (χ3v) is 4.27. The first-order valence-corrected chi connectivity index (χ1v) is 7.85. The molecule has 21 heavy (non-hydrogen) atoms. The van der Waals surface area contributed by atoms with Crippen molar-refractivity contribution in [1.82, 2.24) is 5.32 Å². The second-order valence-electron chi connectivity index (χ2n) is 4.79. The average molecular weight is 322 g/mol. The van der Waals surface area contributed by atoms with Crippen molar-refractivity contribution < 1.29 is 9.59 Å². The van der Waals surface area contributed by atoms with E-state index in [0.717, 1.165) is 11.1 Å². The summed E-state index contributed by atoms with van der Waals surface area (Å²) in [5.74, 6) is -0.162. The molecule has 0 unspecified atom stereocenters. The van der Waals surface area contributed by atoms with Crippen LogP contribution >= 0.6 is 22.9 Å². The highest BCUT2D eigenvalue weighted by atomic mass is 35.5. The lowest BCUT2D eigenvalue weighted by Gasteiger charge is -2.05. The van der Waals surface area contributed by atoms with Gasteiger partial charge < -0.3 is 5.32 Å². The number of amides is 1. The SMILES string of the molecule is Cc1cccc(CNC(=O)CCC(=O)c2ccc(Cl)s2)c1. The lowest BCUT2D eigenvalue weighted by molar-refractivity contribution is -0.121. The summed E-state index contributed by atoms with van der Waals surface area (Å²) < 4.78 is 0.585. The molecule has 110 valence electrons. The lowest BCUT2D eigenvalue weighted by atomic mass is 10.1. The fraction of sp³-hybridized carbons (Fsp3) is 0.250. The number of carbonyl (C=O) groups excluding carboxylic acids is 2. The Balaban J connectivity index is 1.76. The number of benzene rings is 1. The zero-order chi connectivity index (χ0) is 15.2. The maximum absolute atomic E-state index is 11.9. The van der Waals surface area contributed by atoms with Gasteiger partial charge in [-0.1, -0.05) is 41.4 Å². The Kier molecular flexibility index (Phi) is 5.53. The zero-order valence-electron chi connectivity index (χ0n) is 11.7. The van der Waals surface area contributed by atoms with Gasteiger partial charge in [0.25, 0.3) is 0 Å². The third-order valence-electron chi connectivity index (χ3n) is 3.00. The Morgan fingerprint density at radius 2 is 2.00 bits per heavy atom. The Hall–Kier alpha value is -1.65. The van der Waals surface area contributed by atoms with Crippen molar-refractivity contribution >= 4 is 34.6 Å². The molecule has 1 aromatic carbocycles. The van der Waals surface area contributed by atoms with Crippen LogP contribution in [0.3, 0.4) is 0 Å². The van der Waals surface area contributed by atoms with Gasteiger partial charge in [0.05, 0.1) is 9.21 Å². The van der Waals surface area contributed by atoms with Gasteiger partial charge in [-0.25, -0.2) is 0 Å². The number of hydrogen-bond acceptors (Lipinski definition) is 3. The maximum atomic E-state index is 11.9. The molecule has 0 atom stereocenters. The second kappa shape index (κ2) is 7.38. The van der Waals surface area contributed by atoms with E-state index in [2.05, 4.69) is 5.32 Å². The quantitative estimate of drug-likeness (QED) is 0.818. The zero-order valence-corrected chi connectivity index (χ0v) is 13.3. The molecule has 0 aliphatic heterocycles. The standard InChI is InChI=1S/C16H16ClNO2S/c1-11-3-2-4-12(9-11)10-18-16(20)8-5-13(19)14-6-7-15(17)21-14/h2-4,6-7,9H,5,8,10H2,1H3,(H,18,20). The molecular weight excluding hydrogens is 306 g/mol.